The van der Waals surface area contributed by atoms with Gasteiger partial charge in [-0.3, -0.25) is 0 Å². The minimum Gasteiger partial charge on any atom is -0.311 e. The van der Waals surface area contributed by atoms with Crippen molar-refractivity contribution in [3.05, 3.63) is 41.5 Å². The second-order valence-corrected chi connectivity index (χ2v) is 3.79. The number of benzene rings is 1. The summed E-state index contributed by atoms with van der Waals surface area (Å²) in [5.41, 5.74) is 0.560. The van der Waals surface area contributed by atoms with Crippen molar-refractivity contribution < 1.29 is 8.78 Å². The van der Waals surface area contributed by atoms with Crippen LogP contribution in [0.1, 0.15) is 18.4 Å². The van der Waals surface area contributed by atoms with E-state index in [-0.39, 0.29) is 0 Å². The first-order valence-electron chi connectivity index (χ1n) is 5.10. The van der Waals surface area contributed by atoms with Crippen molar-refractivity contribution in [2.75, 3.05) is 6.54 Å². The van der Waals surface area contributed by atoms with Crippen LogP contribution in [-0.4, -0.2) is 12.6 Å². The molecule has 2 rings (SSSR count). The number of rotatable bonds is 4. The summed E-state index contributed by atoms with van der Waals surface area (Å²) in [5, 5.41) is 3.28. The van der Waals surface area contributed by atoms with Crippen molar-refractivity contribution in [3.8, 4) is 0 Å². The molecule has 0 atom stereocenters. The summed E-state index contributed by atoms with van der Waals surface area (Å²) in [7, 11) is 0. The molecule has 1 aliphatic carbocycles. The van der Waals surface area contributed by atoms with Crippen LogP contribution in [-0.2, 0) is 0 Å². The number of hydrogen-bond acceptors (Lipinski definition) is 1. The highest BCUT2D eigenvalue weighted by Crippen LogP contribution is 2.18. The molecule has 0 saturated heterocycles. The topological polar surface area (TPSA) is 12.0 Å². The lowest BCUT2D eigenvalue weighted by Crippen LogP contribution is -2.15. The van der Waals surface area contributed by atoms with Crippen LogP contribution in [0.15, 0.2) is 24.3 Å². The van der Waals surface area contributed by atoms with E-state index in [1.807, 2.05) is 6.08 Å². The molecule has 80 valence electrons. The molecule has 1 nitrogen and oxygen atoms in total. The zero-order valence-corrected chi connectivity index (χ0v) is 8.34. The van der Waals surface area contributed by atoms with E-state index in [4.69, 9.17) is 0 Å². The highest BCUT2D eigenvalue weighted by atomic mass is 19.1. The van der Waals surface area contributed by atoms with E-state index < -0.39 is 11.6 Å². The highest BCUT2D eigenvalue weighted by Gasteiger charge is 2.18. The normalized spacial score (nSPS) is 16.1. The fourth-order valence-electron chi connectivity index (χ4n) is 1.39. The molecule has 1 aliphatic rings. The van der Waals surface area contributed by atoms with Crippen molar-refractivity contribution in [2.45, 2.75) is 18.9 Å². The fraction of sp³-hybridized carbons (Fsp3) is 0.333. The molecule has 0 aromatic heterocycles. The molecule has 1 aromatic carbocycles. The summed E-state index contributed by atoms with van der Waals surface area (Å²) >= 11 is 0. The van der Waals surface area contributed by atoms with E-state index in [1.165, 1.54) is 25.0 Å². The molecule has 1 N–H and O–H groups in total. The van der Waals surface area contributed by atoms with Crippen molar-refractivity contribution >= 4 is 6.08 Å². The molecule has 1 saturated carbocycles. The van der Waals surface area contributed by atoms with E-state index >= 15 is 0 Å². The Morgan fingerprint density at radius 1 is 1.20 bits per heavy atom. The highest BCUT2D eigenvalue weighted by molar-refractivity contribution is 5.49. The first-order chi connectivity index (χ1) is 7.24. The maximum atomic E-state index is 12.8. The van der Waals surface area contributed by atoms with E-state index in [9.17, 15) is 8.78 Å². The predicted molar refractivity (Wildman–Crippen MR) is 56.4 cm³/mol. The van der Waals surface area contributed by atoms with Crippen LogP contribution in [0.4, 0.5) is 8.78 Å². The smallest absolute Gasteiger partial charge is 0.126 e. The molecule has 0 spiro atoms. The third-order valence-electron chi connectivity index (χ3n) is 2.30. The lowest BCUT2D eigenvalue weighted by molar-refractivity contribution is 0.583. The molecule has 0 radical (unpaired) electrons. The number of halogens is 2. The average molecular weight is 209 g/mol. The van der Waals surface area contributed by atoms with Gasteiger partial charge in [0.15, 0.2) is 0 Å². The SMILES string of the molecule is Fc1cc(F)cc(/C=C/CNC2CC2)c1. The van der Waals surface area contributed by atoms with E-state index in [0.717, 1.165) is 12.6 Å². The van der Waals surface area contributed by atoms with Gasteiger partial charge in [-0.15, -0.1) is 0 Å². The molecular formula is C12H13F2N. The van der Waals surface area contributed by atoms with Crippen LogP contribution in [0.3, 0.4) is 0 Å². The molecule has 0 aliphatic heterocycles. The zero-order chi connectivity index (χ0) is 10.7. The van der Waals surface area contributed by atoms with Crippen LogP contribution in [0, 0.1) is 11.6 Å². The molecule has 0 unspecified atom stereocenters. The van der Waals surface area contributed by atoms with Crippen molar-refractivity contribution in [1.29, 1.82) is 0 Å². The molecule has 0 heterocycles. The lowest BCUT2D eigenvalue weighted by Gasteiger charge is -1.97. The Balaban J connectivity index is 1.90. The van der Waals surface area contributed by atoms with Gasteiger partial charge in [0, 0.05) is 18.7 Å². The van der Waals surface area contributed by atoms with E-state index in [1.54, 1.807) is 6.08 Å². The van der Waals surface area contributed by atoms with Crippen molar-refractivity contribution in [2.24, 2.45) is 0 Å². The van der Waals surface area contributed by atoms with E-state index in [0.29, 0.717) is 11.6 Å². The Hall–Kier alpha value is -1.22. The van der Waals surface area contributed by atoms with Gasteiger partial charge in [0.1, 0.15) is 11.6 Å². The second-order valence-electron chi connectivity index (χ2n) is 3.79. The first-order valence-corrected chi connectivity index (χ1v) is 5.10. The van der Waals surface area contributed by atoms with Crippen molar-refractivity contribution in [1.82, 2.24) is 5.32 Å². The third-order valence-corrected chi connectivity index (χ3v) is 2.30. The van der Waals surface area contributed by atoms with Gasteiger partial charge in [-0.2, -0.15) is 0 Å². The third kappa shape index (κ3) is 3.44. The van der Waals surface area contributed by atoms with Crippen LogP contribution in [0.25, 0.3) is 6.08 Å². The molecular weight excluding hydrogens is 196 g/mol. The van der Waals surface area contributed by atoms with Gasteiger partial charge in [0.2, 0.25) is 0 Å². The minimum absolute atomic E-state index is 0.537. The Bertz CT molecular complexity index is 350. The second kappa shape index (κ2) is 4.53. The summed E-state index contributed by atoms with van der Waals surface area (Å²) in [4.78, 5) is 0. The lowest BCUT2D eigenvalue weighted by atomic mass is 10.2. The molecule has 0 amide bonds. The summed E-state index contributed by atoms with van der Waals surface area (Å²) in [5.74, 6) is -1.07. The molecule has 0 bridgehead atoms. The molecule has 1 aromatic rings. The van der Waals surface area contributed by atoms with E-state index in [2.05, 4.69) is 5.32 Å². The van der Waals surface area contributed by atoms with Crippen LogP contribution >= 0.6 is 0 Å². The zero-order valence-electron chi connectivity index (χ0n) is 8.34. The Kier molecular flexibility index (Phi) is 3.11. The first kappa shape index (κ1) is 10.3. The van der Waals surface area contributed by atoms with Crippen LogP contribution < -0.4 is 5.32 Å². The maximum absolute atomic E-state index is 12.8. The van der Waals surface area contributed by atoms with Gasteiger partial charge in [-0.05, 0) is 30.5 Å². The Morgan fingerprint density at radius 3 is 2.47 bits per heavy atom. The fourth-order valence-corrected chi connectivity index (χ4v) is 1.39. The van der Waals surface area contributed by atoms with Gasteiger partial charge < -0.3 is 5.32 Å². The molecule has 15 heavy (non-hydrogen) atoms. The molecule has 3 heteroatoms. The van der Waals surface area contributed by atoms with Gasteiger partial charge in [-0.25, -0.2) is 8.78 Å². The Labute approximate surface area is 87.8 Å². The maximum Gasteiger partial charge on any atom is 0.126 e. The van der Waals surface area contributed by atoms with Gasteiger partial charge in [0.05, 0.1) is 0 Å². The van der Waals surface area contributed by atoms with Crippen LogP contribution in [0.5, 0.6) is 0 Å². The van der Waals surface area contributed by atoms with Gasteiger partial charge in [0.25, 0.3) is 0 Å². The average Bonchev–Trinajstić information content (AvgIpc) is 2.94. The summed E-state index contributed by atoms with van der Waals surface area (Å²) in [6.07, 6.45) is 6.08. The minimum atomic E-state index is -0.537. The number of hydrogen-bond donors (Lipinski definition) is 1. The van der Waals surface area contributed by atoms with Gasteiger partial charge >= 0.3 is 0 Å². The van der Waals surface area contributed by atoms with Crippen LogP contribution in [0.2, 0.25) is 0 Å². The largest absolute Gasteiger partial charge is 0.311 e. The molecule has 1 fully saturated rings. The van der Waals surface area contributed by atoms with Crippen molar-refractivity contribution in [3.63, 3.8) is 0 Å². The Morgan fingerprint density at radius 2 is 1.87 bits per heavy atom. The summed E-state index contributed by atoms with van der Waals surface area (Å²) in [6.45, 7) is 0.753. The summed E-state index contributed by atoms with van der Waals surface area (Å²) in [6, 6.07) is 4.16. The predicted octanol–water partition coefficient (Wildman–Crippen LogP) is 2.73. The summed E-state index contributed by atoms with van der Waals surface area (Å²) < 4.78 is 25.6. The number of nitrogens with one attached hydrogen (secondary N) is 1. The van der Waals surface area contributed by atoms with Gasteiger partial charge in [-0.1, -0.05) is 12.2 Å². The monoisotopic (exact) mass is 209 g/mol. The standard InChI is InChI=1S/C12H13F2N/c13-10-6-9(7-11(14)8-10)2-1-5-15-12-3-4-12/h1-2,6-8,12,15H,3-5H2/b2-1+. The quantitative estimate of drug-likeness (QED) is 0.804.